The maximum atomic E-state index is 12.5. The summed E-state index contributed by atoms with van der Waals surface area (Å²) in [4.78, 5) is 24.0. The molecule has 4 rings (SSSR count). The molecule has 0 spiro atoms. The summed E-state index contributed by atoms with van der Waals surface area (Å²) in [7, 11) is 0. The van der Waals surface area contributed by atoms with Crippen LogP contribution in [0, 0.1) is 6.92 Å². The molecule has 2 aliphatic rings. The number of nitrogens with one attached hydrogen (secondary N) is 1. The fourth-order valence-corrected chi connectivity index (χ4v) is 3.76. The van der Waals surface area contributed by atoms with Crippen molar-refractivity contribution in [3.8, 4) is 0 Å². The molecule has 0 bridgehead atoms. The molecule has 138 valence electrons. The fraction of sp³-hybridized carbons (Fsp3) is 0.579. The molecule has 26 heavy (non-hydrogen) atoms. The van der Waals surface area contributed by atoms with Gasteiger partial charge in [0.05, 0.1) is 12.2 Å². The van der Waals surface area contributed by atoms with Crippen LogP contribution in [0.1, 0.15) is 65.3 Å². The number of aryl methyl sites for hydroxylation is 2. The minimum atomic E-state index is -0.187. The van der Waals surface area contributed by atoms with E-state index in [2.05, 4.69) is 25.3 Å². The van der Waals surface area contributed by atoms with Gasteiger partial charge in [-0.15, -0.1) is 0 Å². The molecule has 3 heterocycles. The van der Waals surface area contributed by atoms with Crippen LogP contribution < -0.4 is 10.2 Å². The summed E-state index contributed by atoms with van der Waals surface area (Å²) in [6.45, 7) is 4.33. The first kappa shape index (κ1) is 17.0. The van der Waals surface area contributed by atoms with E-state index in [-0.39, 0.29) is 5.91 Å². The van der Waals surface area contributed by atoms with E-state index in [1.54, 1.807) is 0 Å². The normalized spacial score (nSPS) is 17.0. The Morgan fingerprint density at radius 2 is 1.96 bits per heavy atom. The van der Waals surface area contributed by atoms with Gasteiger partial charge in [-0.1, -0.05) is 5.16 Å². The maximum absolute atomic E-state index is 12.5. The molecule has 1 N–H and O–H groups in total. The van der Waals surface area contributed by atoms with E-state index in [4.69, 9.17) is 4.52 Å². The SMILES string of the molecule is Cc1cc(CNC(=O)c2noc3c2CCCC3)nc(N2CCCCC2)n1. The van der Waals surface area contributed by atoms with Crippen LogP contribution in [0.15, 0.2) is 10.6 Å². The molecule has 2 aromatic heterocycles. The van der Waals surface area contributed by atoms with Gasteiger partial charge in [-0.2, -0.15) is 0 Å². The van der Waals surface area contributed by atoms with Gasteiger partial charge in [0.15, 0.2) is 5.69 Å². The second-order valence-electron chi connectivity index (χ2n) is 7.17. The molecule has 1 saturated heterocycles. The summed E-state index contributed by atoms with van der Waals surface area (Å²) >= 11 is 0. The van der Waals surface area contributed by atoms with E-state index in [0.717, 1.165) is 67.4 Å². The van der Waals surface area contributed by atoms with Gasteiger partial charge < -0.3 is 14.7 Å². The summed E-state index contributed by atoms with van der Waals surface area (Å²) in [5.41, 5.74) is 3.15. The number of fused-ring (bicyclic) bond motifs is 1. The Labute approximate surface area is 153 Å². The third-order valence-corrected chi connectivity index (χ3v) is 5.13. The Hall–Kier alpha value is -2.44. The highest BCUT2D eigenvalue weighted by Crippen LogP contribution is 2.24. The van der Waals surface area contributed by atoms with Crippen LogP contribution in [-0.2, 0) is 19.4 Å². The van der Waals surface area contributed by atoms with Crippen LogP contribution in [0.25, 0.3) is 0 Å². The largest absolute Gasteiger partial charge is 0.360 e. The van der Waals surface area contributed by atoms with Crippen molar-refractivity contribution in [3.63, 3.8) is 0 Å². The van der Waals surface area contributed by atoms with E-state index in [0.29, 0.717) is 12.2 Å². The van der Waals surface area contributed by atoms with Crippen LogP contribution in [0.2, 0.25) is 0 Å². The molecule has 0 saturated carbocycles. The third-order valence-electron chi connectivity index (χ3n) is 5.13. The van der Waals surface area contributed by atoms with E-state index in [1.165, 1.54) is 19.3 Å². The molecule has 0 radical (unpaired) electrons. The van der Waals surface area contributed by atoms with Crippen LogP contribution in [0.4, 0.5) is 5.95 Å². The first-order valence-electron chi connectivity index (χ1n) is 9.56. The van der Waals surface area contributed by atoms with Crippen LogP contribution in [0.5, 0.6) is 0 Å². The average Bonchev–Trinajstić information content (AvgIpc) is 3.11. The molecular formula is C19H25N5O2. The standard InChI is InChI=1S/C19H25N5O2/c1-13-11-14(22-19(21-13)24-9-5-2-6-10-24)12-20-18(25)17-15-7-3-4-8-16(15)26-23-17/h11H,2-10,12H2,1H3,(H,20,25). The van der Waals surface area contributed by atoms with Crippen LogP contribution in [0.3, 0.4) is 0 Å². The van der Waals surface area contributed by atoms with Crippen molar-refractivity contribution in [1.29, 1.82) is 0 Å². The molecule has 1 amide bonds. The number of hydrogen-bond donors (Lipinski definition) is 1. The lowest BCUT2D eigenvalue weighted by Gasteiger charge is -2.27. The average molecular weight is 355 g/mol. The monoisotopic (exact) mass is 355 g/mol. The number of amides is 1. The van der Waals surface area contributed by atoms with Crippen molar-refractivity contribution in [2.24, 2.45) is 0 Å². The van der Waals surface area contributed by atoms with Crippen molar-refractivity contribution in [3.05, 3.63) is 34.5 Å². The smallest absolute Gasteiger partial charge is 0.274 e. The van der Waals surface area contributed by atoms with Crippen molar-refractivity contribution < 1.29 is 9.32 Å². The second-order valence-corrected chi connectivity index (χ2v) is 7.17. The van der Waals surface area contributed by atoms with Crippen LogP contribution >= 0.6 is 0 Å². The zero-order valence-corrected chi connectivity index (χ0v) is 15.3. The van der Waals surface area contributed by atoms with Crippen molar-refractivity contribution >= 4 is 11.9 Å². The summed E-state index contributed by atoms with van der Waals surface area (Å²) in [5.74, 6) is 1.45. The molecule has 0 atom stereocenters. The number of carbonyl (C=O) groups is 1. The van der Waals surface area contributed by atoms with Gasteiger partial charge in [0, 0.05) is 30.8 Å². The predicted octanol–water partition coefficient (Wildman–Crippen LogP) is 2.57. The predicted molar refractivity (Wildman–Crippen MR) is 97.1 cm³/mol. The summed E-state index contributed by atoms with van der Waals surface area (Å²) < 4.78 is 5.33. The zero-order valence-electron chi connectivity index (χ0n) is 15.3. The highest BCUT2D eigenvalue weighted by Gasteiger charge is 2.24. The van der Waals surface area contributed by atoms with Gasteiger partial charge in [0.2, 0.25) is 5.95 Å². The maximum Gasteiger partial charge on any atom is 0.274 e. The zero-order chi connectivity index (χ0) is 17.9. The molecule has 0 aromatic carbocycles. The van der Waals surface area contributed by atoms with Gasteiger partial charge in [0.25, 0.3) is 5.91 Å². The van der Waals surface area contributed by atoms with Crippen molar-refractivity contribution in [2.75, 3.05) is 18.0 Å². The first-order chi connectivity index (χ1) is 12.7. The van der Waals surface area contributed by atoms with Gasteiger partial charge in [-0.25, -0.2) is 9.97 Å². The molecule has 7 heteroatoms. The van der Waals surface area contributed by atoms with Crippen molar-refractivity contribution in [2.45, 2.75) is 58.4 Å². The molecule has 1 aliphatic carbocycles. The second kappa shape index (κ2) is 7.43. The number of hydrogen-bond acceptors (Lipinski definition) is 6. The van der Waals surface area contributed by atoms with Crippen molar-refractivity contribution in [1.82, 2.24) is 20.4 Å². The summed E-state index contributed by atoms with van der Waals surface area (Å²) in [5, 5.41) is 6.93. The first-order valence-corrected chi connectivity index (χ1v) is 9.56. The Kier molecular flexibility index (Phi) is 4.86. The lowest BCUT2D eigenvalue weighted by molar-refractivity contribution is 0.0940. The van der Waals surface area contributed by atoms with E-state index in [1.807, 2.05) is 13.0 Å². The van der Waals surface area contributed by atoms with E-state index >= 15 is 0 Å². The Bertz CT molecular complexity index is 795. The minimum absolute atomic E-state index is 0.187. The number of aromatic nitrogens is 3. The van der Waals surface area contributed by atoms with Gasteiger partial charge in [-0.3, -0.25) is 4.79 Å². The highest BCUT2D eigenvalue weighted by atomic mass is 16.5. The molecular weight excluding hydrogens is 330 g/mol. The number of nitrogens with zero attached hydrogens (tertiary/aromatic N) is 4. The fourth-order valence-electron chi connectivity index (χ4n) is 3.76. The molecule has 2 aromatic rings. The number of rotatable bonds is 4. The highest BCUT2D eigenvalue weighted by molar-refractivity contribution is 5.93. The summed E-state index contributed by atoms with van der Waals surface area (Å²) in [6, 6.07) is 1.92. The third kappa shape index (κ3) is 3.57. The molecule has 0 unspecified atom stereocenters. The number of anilines is 1. The lowest BCUT2D eigenvalue weighted by Crippen LogP contribution is -2.32. The molecule has 1 fully saturated rings. The van der Waals surface area contributed by atoms with E-state index < -0.39 is 0 Å². The van der Waals surface area contributed by atoms with Gasteiger partial charge in [0.1, 0.15) is 5.76 Å². The Balaban J connectivity index is 1.45. The van der Waals surface area contributed by atoms with Gasteiger partial charge >= 0.3 is 0 Å². The van der Waals surface area contributed by atoms with E-state index in [9.17, 15) is 4.79 Å². The Morgan fingerprint density at radius 1 is 1.15 bits per heavy atom. The lowest BCUT2D eigenvalue weighted by atomic mass is 9.96. The quantitative estimate of drug-likeness (QED) is 0.907. The summed E-state index contributed by atoms with van der Waals surface area (Å²) in [6.07, 6.45) is 7.56. The van der Waals surface area contributed by atoms with Crippen LogP contribution in [-0.4, -0.2) is 34.1 Å². The Morgan fingerprint density at radius 3 is 2.81 bits per heavy atom. The minimum Gasteiger partial charge on any atom is -0.360 e. The number of carbonyl (C=O) groups excluding carboxylic acids is 1. The topological polar surface area (TPSA) is 84.2 Å². The number of piperidine rings is 1. The van der Waals surface area contributed by atoms with Gasteiger partial charge in [-0.05, 0) is 51.5 Å². The molecule has 1 aliphatic heterocycles. The molecule has 7 nitrogen and oxygen atoms in total.